The molecule has 1 aliphatic heterocycles. The van der Waals surface area contributed by atoms with Crippen LogP contribution in [0.5, 0.6) is 11.5 Å². The molecule has 0 N–H and O–H groups in total. The van der Waals surface area contributed by atoms with Crippen LogP contribution in [-0.2, 0) is 9.05 Å². The third-order valence-corrected chi connectivity index (χ3v) is 3.29. The van der Waals surface area contributed by atoms with E-state index in [-0.39, 0.29) is 0 Å². The average Bonchev–Trinajstić information content (AvgIpc) is 2.17. The first-order chi connectivity index (χ1) is 7.70. The lowest BCUT2D eigenvalue weighted by Gasteiger charge is -2.28. The average molecular weight is 289 g/mol. The lowest BCUT2D eigenvalue weighted by atomic mass is 10.3. The summed E-state index contributed by atoms with van der Waals surface area (Å²) >= 11 is 0. The Bertz CT molecular complexity index is 560. The molecule has 0 amide bonds. The van der Waals surface area contributed by atoms with E-state index in [1.165, 1.54) is 0 Å². The highest BCUT2D eigenvalue weighted by Gasteiger charge is 2.49. The summed E-state index contributed by atoms with van der Waals surface area (Å²) in [5.74, 6) is -0.918. The first-order valence-corrected chi connectivity index (χ1v) is 6.47. The van der Waals surface area contributed by atoms with Crippen LogP contribution in [0.4, 0.5) is 13.2 Å². The number of hydrogen-bond donors (Lipinski definition) is 0. The molecular weight excluding hydrogens is 285 g/mol. The fraction of sp³-hybridized carbons (Fsp3) is 0.250. The van der Waals surface area contributed by atoms with Gasteiger partial charge >= 0.3 is 12.5 Å². The van der Waals surface area contributed by atoms with Gasteiger partial charge in [0, 0.05) is 16.7 Å². The van der Waals surface area contributed by atoms with Crippen LogP contribution in [0.15, 0.2) is 23.1 Å². The van der Waals surface area contributed by atoms with Gasteiger partial charge in [-0.3, -0.25) is 0 Å². The van der Waals surface area contributed by atoms with E-state index >= 15 is 0 Å². The topological polar surface area (TPSA) is 52.6 Å². The molecule has 0 radical (unpaired) electrons. The maximum atomic E-state index is 12.8. The lowest BCUT2D eigenvalue weighted by molar-refractivity contribution is -0.281. The van der Waals surface area contributed by atoms with E-state index in [1.54, 1.807) is 0 Å². The van der Waals surface area contributed by atoms with Gasteiger partial charge < -0.3 is 9.47 Å². The number of hydrogen-bond acceptors (Lipinski definition) is 4. The number of ether oxygens (including phenoxy) is 2. The third kappa shape index (κ3) is 2.27. The second-order valence-corrected chi connectivity index (χ2v) is 5.71. The Balaban J connectivity index is 2.47. The SMILES string of the molecule is O=S(=O)(Cl)c1ccc2c(c1)OC(F)C(F)(F)O2. The van der Waals surface area contributed by atoms with Crippen LogP contribution in [-0.4, -0.2) is 20.9 Å². The zero-order valence-electron chi connectivity index (χ0n) is 7.86. The van der Waals surface area contributed by atoms with Crippen LogP contribution >= 0.6 is 10.7 Å². The summed E-state index contributed by atoms with van der Waals surface area (Å²) in [6.45, 7) is 0. The molecule has 1 heterocycles. The molecular formula is C8H4ClF3O4S. The maximum absolute atomic E-state index is 12.8. The summed E-state index contributed by atoms with van der Waals surface area (Å²) in [6, 6.07) is 2.66. The lowest BCUT2D eigenvalue weighted by Crippen LogP contribution is -2.43. The van der Waals surface area contributed by atoms with Crippen molar-refractivity contribution in [2.45, 2.75) is 17.4 Å². The minimum absolute atomic E-state index is 0.404. The van der Waals surface area contributed by atoms with Gasteiger partial charge in [-0.05, 0) is 12.1 Å². The number of benzene rings is 1. The molecule has 9 heteroatoms. The molecule has 1 unspecified atom stereocenters. The molecule has 0 spiro atoms. The second kappa shape index (κ2) is 3.67. The van der Waals surface area contributed by atoms with Crippen molar-refractivity contribution < 1.29 is 31.1 Å². The summed E-state index contributed by atoms with van der Waals surface area (Å²) in [7, 11) is 0.972. The molecule has 1 aromatic carbocycles. The van der Waals surface area contributed by atoms with E-state index in [4.69, 9.17) is 10.7 Å². The fourth-order valence-corrected chi connectivity index (χ4v) is 1.96. The van der Waals surface area contributed by atoms with E-state index in [2.05, 4.69) is 9.47 Å². The number of halogens is 4. The minimum atomic E-state index is -4.12. The maximum Gasteiger partial charge on any atom is 0.468 e. The zero-order valence-corrected chi connectivity index (χ0v) is 9.43. The number of alkyl halides is 3. The van der Waals surface area contributed by atoms with Gasteiger partial charge in [0.05, 0.1) is 4.90 Å². The molecule has 17 heavy (non-hydrogen) atoms. The van der Waals surface area contributed by atoms with Gasteiger partial charge in [0.2, 0.25) is 0 Å². The Morgan fingerprint density at radius 2 is 1.94 bits per heavy atom. The van der Waals surface area contributed by atoms with Crippen molar-refractivity contribution in [1.29, 1.82) is 0 Å². The van der Waals surface area contributed by atoms with E-state index in [0.717, 1.165) is 18.2 Å². The normalized spacial score (nSPS) is 22.2. The van der Waals surface area contributed by atoms with Crippen molar-refractivity contribution in [2.75, 3.05) is 0 Å². The minimum Gasteiger partial charge on any atom is -0.447 e. The molecule has 0 fully saturated rings. The predicted molar refractivity (Wildman–Crippen MR) is 50.6 cm³/mol. The standard InChI is InChI=1S/C8H4ClF3O4S/c9-17(13,14)4-1-2-5-6(3-4)15-7(10)8(11,12)16-5/h1-3,7H. The predicted octanol–water partition coefficient (Wildman–Crippen LogP) is 2.27. The first-order valence-electron chi connectivity index (χ1n) is 4.16. The molecule has 1 atom stereocenters. The van der Waals surface area contributed by atoms with E-state index in [9.17, 15) is 21.6 Å². The molecule has 4 nitrogen and oxygen atoms in total. The smallest absolute Gasteiger partial charge is 0.447 e. The number of rotatable bonds is 1. The molecule has 0 aromatic heterocycles. The molecule has 0 bridgehead atoms. The molecule has 0 aliphatic carbocycles. The summed E-state index contributed by atoms with van der Waals surface area (Å²) in [4.78, 5) is -0.404. The highest BCUT2D eigenvalue weighted by Crippen LogP contribution is 2.41. The largest absolute Gasteiger partial charge is 0.468 e. The zero-order chi connectivity index (χ0) is 12.8. The Kier molecular flexibility index (Phi) is 2.66. The van der Waals surface area contributed by atoms with Crippen molar-refractivity contribution in [1.82, 2.24) is 0 Å². The van der Waals surface area contributed by atoms with Crippen molar-refractivity contribution in [3.8, 4) is 11.5 Å². The Morgan fingerprint density at radius 1 is 1.29 bits per heavy atom. The molecule has 94 valence electrons. The van der Waals surface area contributed by atoms with Crippen molar-refractivity contribution in [3.63, 3.8) is 0 Å². The van der Waals surface area contributed by atoms with Crippen molar-refractivity contribution >= 4 is 19.7 Å². The van der Waals surface area contributed by atoms with E-state index in [0.29, 0.717) is 0 Å². The number of fused-ring (bicyclic) bond motifs is 1. The molecule has 0 saturated carbocycles. The van der Waals surface area contributed by atoms with E-state index in [1.807, 2.05) is 0 Å². The van der Waals surface area contributed by atoms with Crippen molar-refractivity contribution in [2.24, 2.45) is 0 Å². The first kappa shape index (κ1) is 12.3. The van der Waals surface area contributed by atoms with Gasteiger partial charge in [-0.2, -0.15) is 13.2 Å². The van der Waals surface area contributed by atoms with Crippen LogP contribution in [0.2, 0.25) is 0 Å². The Morgan fingerprint density at radius 3 is 2.53 bits per heavy atom. The van der Waals surface area contributed by atoms with Crippen LogP contribution in [0.1, 0.15) is 0 Å². The molecule has 1 aliphatic rings. The summed E-state index contributed by atoms with van der Waals surface area (Å²) < 4.78 is 68.4. The summed E-state index contributed by atoms with van der Waals surface area (Å²) in [5.41, 5.74) is 0. The van der Waals surface area contributed by atoms with Gasteiger partial charge in [-0.25, -0.2) is 8.42 Å². The third-order valence-electron chi connectivity index (χ3n) is 1.94. The quantitative estimate of drug-likeness (QED) is 0.744. The van der Waals surface area contributed by atoms with E-state index < -0.39 is 37.9 Å². The molecule has 0 saturated heterocycles. The van der Waals surface area contributed by atoms with Crippen LogP contribution in [0.25, 0.3) is 0 Å². The monoisotopic (exact) mass is 288 g/mol. The summed E-state index contributed by atoms with van der Waals surface area (Å²) in [5, 5.41) is 0. The van der Waals surface area contributed by atoms with Gasteiger partial charge in [0.25, 0.3) is 9.05 Å². The summed E-state index contributed by atoms with van der Waals surface area (Å²) in [6.07, 6.45) is -7.13. The van der Waals surface area contributed by atoms with Crippen LogP contribution in [0.3, 0.4) is 0 Å². The Labute approximate surface area is 98.3 Å². The van der Waals surface area contributed by atoms with Gasteiger partial charge in [-0.1, -0.05) is 0 Å². The highest BCUT2D eigenvalue weighted by molar-refractivity contribution is 8.13. The van der Waals surface area contributed by atoms with Crippen molar-refractivity contribution in [3.05, 3.63) is 18.2 Å². The van der Waals surface area contributed by atoms with Crippen LogP contribution < -0.4 is 9.47 Å². The highest BCUT2D eigenvalue weighted by atomic mass is 35.7. The molecule has 1 aromatic rings. The van der Waals surface area contributed by atoms with Gasteiger partial charge in [-0.15, -0.1) is 0 Å². The van der Waals surface area contributed by atoms with Gasteiger partial charge in [0.1, 0.15) is 0 Å². The van der Waals surface area contributed by atoms with Gasteiger partial charge in [0.15, 0.2) is 11.5 Å². The second-order valence-electron chi connectivity index (χ2n) is 3.14. The molecule has 2 rings (SSSR count). The Hall–Kier alpha value is -1.15. The van der Waals surface area contributed by atoms with Crippen LogP contribution in [0, 0.1) is 0 Å². The fourth-order valence-electron chi connectivity index (χ4n) is 1.19.